The van der Waals surface area contributed by atoms with Gasteiger partial charge in [0, 0.05) is 11.9 Å². The van der Waals surface area contributed by atoms with E-state index in [1.807, 2.05) is 24.3 Å². The van der Waals surface area contributed by atoms with Crippen molar-refractivity contribution in [3.8, 4) is 11.8 Å². The molecule has 1 aromatic carbocycles. The molecule has 0 aliphatic rings. The van der Waals surface area contributed by atoms with Gasteiger partial charge in [0.1, 0.15) is 5.69 Å². The Morgan fingerprint density at radius 2 is 2.00 bits per heavy atom. The Bertz CT molecular complexity index is 694. The summed E-state index contributed by atoms with van der Waals surface area (Å²) in [7, 11) is 0. The van der Waals surface area contributed by atoms with Crippen molar-refractivity contribution in [1.29, 1.82) is 5.26 Å². The number of nitriles is 1. The second-order valence-corrected chi connectivity index (χ2v) is 4.85. The fourth-order valence-electron chi connectivity index (χ4n) is 1.53. The molecular weight excluding hydrogens is 262 g/mol. The lowest BCUT2D eigenvalue weighted by molar-refractivity contribution is 0.264. The molecule has 0 aliphatic carbocycles. The molecule has 5 nitrogen and oxygen atoms in total. The van der Waals surface area contributed by atoms with Crippen LogP contribution in [0.4, 0.5) is 0 Å². The molecule has 0 unspecified atom stereocenters. The minimum atomic E-state index is 0.628. The van der Waals surface area contributed by atoms with Crippen molar-refractivity contribution in [2.45, 2.75) is 10.8 Å². The number of rotatable bonds is 4. The lowest BCUT2D eigenvalue weighted by Gasteiger charge is -2.01. The van der Waals surface area contributed by atoms with Crippen molar-refractivity contribution in [1.82, 2.24) is 9.90 Å². The summed E-state index contributed by atoms with van der Waals surface area (Å²) in [4.78, 5) is 5.55. The van der Waals surface area contributed by atoms with Crippen molar-refractivity contribution in [2.24, 2.45) is 0 Å². The van der Waals surface area contributed by atoms with Gasteiger partial charge in [0.05, 0.1) is 21.6 Å². The van der Waals surface area contributed by atoms with E-state index in [0.29, 0.717) is 5.56 Å². The minimum Gasteiger partial charge on any atom is -0.250 e. The average Bonchev–Trinajstić information content (AvgIpc) is 3.31. The van der Waals surface area contributed by atoms with Gasteiger partial charge in [-0.05, 0) is 29.8 Å². The zero-order valence-electron chi connectivity index (χ0n) is 9.81. The maximum atomic E-state index is 8.82. The summed E-state index contributed by atoms with van der Waals surface area (Å²) in [6.45, 7) is 0. The summed E-state index contributed by atoms with van der Waals surface area (Å²) in [6, 6.07) is 13.4. The number of pyridine rings is 1. The Morgan fingerprint density at radius 3 is 2.68 bits per heavy atom. The molecule has 0 saturated heterocycles. The molecule has 19 heavy (non-hydrogen) atoms. The number of aromatic nitrogens is 2. The van der Waals surface area contributed by atoms with Crippen LogP contribution in [0.15, 0.2) is 57.0 Å². The number of benzene rings is 1. The van der Waals surface area contributed by atoms with Gasteiger partial charge in [-0.15, -0.1) is 21.1 Å². The number of thioether (sulfide) groups is 1. The van der Waals surface area contributed by atoms with Crippen LogP contribution in [0.25, 0.3) is 5.69 Å². The SMILES string of the molecule is N#Cc1ccnc(SCc2ccc(-n3oo3)cc2)c1. The second kappa shape index (κ2) is 5.08. The predicted molar refractivity (Wildman–Crippen MR) is 68.8 cm³/mol. The molecule has 6 heteroatoms. The van der Waals surface area contributed by atoms with Crippen LogP contribution in [0.5, 0.6) is 0 Å². The number of nitrogens with zero attached hydrogens (tertiary/aromatic N) is 3. The molecule has 0 N–H and O–H groups in total. The van der Waals surface area contributed by atoms with Crippen LogP contribution in [0.2, 0.25) is 0 Å². The second-order valence-electron chi connectivity index (χ2n) is 3.86. The zero-order valence-corrected chi connectivity index (χ0v) is 10.6. The van der Waals surface area contributed by atoms with Crippen LogP contribution < -0.4 is 0 Å². The van der Waals surface area contributed by atoms with Crippen LogP contribution >= 0.6 is 11.8 Å². The Kier molecular flexibility index (Phi) is 3.12. The molecule has 0 atom stereocenters. The van der Waals surface area contributed by atoms with Crippen molar-refractivity contribution < 1.29 is 9.36 Å². The van der Waals surface area contributed by atoms with E-state index in [0.717, 1.165) is 16.5 Å². The zero-order chi connectivity index (χ0) is 13.1. The van der Waals surface area contributed by atoms with E-state index < -0.39 is 0 Å². The van der Waals surface area contributed by atoms with Crippen LogP contribution in [0.3, 0.4) is 0 Å². The van der Waals surface area contributed by atoms with Crippen molar-refractivity contribution in [2.75, 3.05) is 0 Å². The smallest absolute Gasteiger partial charge is 0.127 e. The number of hydrogen-bond acceptors (Lipinski definition) is 5. The molecule has 2 heterocycles. The summed E-state index contributed by atoms with van der Waals surface area (Å²) in [5, 5.41) is 9.67. The van der Waals surface area contributed by atoms with Crippen LogP contribution in [-0.2, 0) is 5.75 Å². The highest BCUT2D eigenvalue weighted by Crippen LogP contribution is 2.22. The monoisotopic (exact) mass is 271 g/mol. The minimum absolute atomic E-state index is 0.628. The highest BCUT2D eigenvalue weighted by Gasteiger charge is 2.06. The fraction of sp³-hybridized carbons (Fsp3) is 0.0769. The summed E-state index contributed by atoms with van der Waals surface area (Å²) in [6.07, 6.45) is 1.65. The van der Waals surface area contributed by atoms with E-state index in [9.17, 15) is 0 Å². The third-order valence-corrected chi connectivity index (χ3v) is 3.54. The molecule has 0 fully saturated rings. The Morgan fingerprint density at radius 1 is 1.21 bits per heavy atom. The first-order valence-electron chi connectivity index (χ1n) is 5.58. The Labute approximate surface area is 113 Å². The first-order valence-corrected chi connectivity index (χ1v) is 6.56. The van der Waals surface area contributed by atoms with Gasteiger partial charge < -0.3 is 0 Å². The van der Waals surface area contributed by atoms with E-state index in [2.05, 4.69) is 20.4 Å². The molecule has 0 amide bonds. The summed E-state index contributed by atoms with van der Waals surface area (Å²) in [5.74, 6) is 0.796. The van der Waals surface area contributed by atoms with Gasteiger partial charge in [0.15, 0.2) is 0 Å². The van der Waals surface area contributed by atoms with Crippen LogP contribution in [-0.4, -0.2) is 9.90 Å². The van der Waals surface area contributed by atoms with E-state index >= 15 is 0 Å². The van der Waals surface area contributed by atoms with E-state index in [1.165, 1.54) is 10.5 Å². The van der Waals surface area contributed by atoms with E-state index in [1.54, 1.807) is 30.1 Å². The molecule has 3 rings (SSSR count). The van der Waals surface area contributed by atoms with Crippen LogP contribution in [0.1, 0.15) is 11.1 Å². The first kappa shape index (κ1) is 11.7. The molecular formula is C13H9N3O2S. The maximum absolute atomic E-state index is 8.82. The predicted octanol–water partition coefficient (Wildman–Crippen LogP) is 3.22. The topological polar surface area (TPSA) is 67.9 Å². The van der Waals surface area contributed by atoms with Gasteiger partial charge in [0.2, 0.25) is 0 Å². The van der Waals surface area contributed by atoms with E-state index in [-0.39, 0.29) is 0 Å². The van der Waals surface area contributed by atoms with Crippen molar-refractivity contribution in [3.05, 3.63) is 53.7 Å². The Balaban J connectivity index is 1.65. The third kappa shape index (κ3) is 2.89. The van der Waals surface area contributed by atoms with Gasteiger partial charge in [-0.3, -0.25) is 0 Å². The molecule has 0 saturated carbocycles. The van der Waals surface area contributed by atoms with Gasteiger partial charge in [-0.2, -0.15) is 5.26 Å². The maximum Gasteiger partial charge on any atom is 0.127 e. The van der Waals surface area contributed by atoms with Crippen LogP contribution in [0, 0.1) is 11.3 Å². The molecule has 0 radical (unpaired) electrons. The largest absolute Gasteiger partial charge is 0.250 e. The lowest BCUT2D eigenvalue weighted by atomic mass is 10.2. The summed E-state index contributed by atoms with van der Waals surface area (Å²) >= 11 is 1.59. The quantitative estimate of drug-likeness (QED) is 0.538. The molecule has 2 aromatic heterocycles. The summed E-state index contributed by atoms with van der Waals surface area (Å²) in [5.41, 5.74) is 2.65. The molecule has 0 spiro atoms. The average molecular weight is 271 g/mol. The molecule has 94 valence electrons. The van der Waals surface area contributed by atoms with Crippen molar-refractivity contribution in [3.63, 3.8) is 0 Å². The van der Waals surface area contributed by atoms with Gasteiger partial charge in [0.25, 0.3) is 0 Å². The Hall–Kier alpha value is -2.39. The fourth-order valence-corrected chi connectivity index (χ4v) is 2.38. The van der Waals surface area contributed by atoms with E-state index in [4.69, 9.17) is 5.26 Å². The van der Waals surface area contributed by atoms with Crippen molar-refractivity contribution >= 4 is 11.8 Å². The molecule has 0 aliphatic heterocycles. The van der Waals surface area contributed by atoms with Gasteiger partial charge >= 0.3 is 0 Å². The van der Waals surface area contributed by atoms with Gasteiger partial charge in [-0.25, -0.2) is 4.98 Å². The van der Waals surface area contributed by atoms with Gasteiger partial charge in [-0.1, -0.05) is 12.1 Å². The molecule has 3 aromatic rings. The molecule has 0 bridgehead atoms. The first-order chi connectivity index (χ1) is 9.35. The third-order valence-electron chi connectivity index (χ3n) is 2.55. The number of hydrogen-bond donors (Lipinski definition) is 0. The highest BCUT2D eigenvalue weighted by molar-refractivity contribution is 7.98. The lowest BCUT2D eigenvalue weighted by Crippen LogP contribution is -1.86. The normalized spacial score (nSPS) is 10.5. The standard InChI is InChI=1S/C13H9N3O2S/c14-8-11-5-6-15-13(7-11)19-9-10-1-3-12(4-2-10)16-17-18-16/h1-7H,9H2. The highest BCUT2D eigenvalue weighted by atomic mass is 32.2. The summed E-state index contributed by atoms with van der Waals surface area (Å²) < 4.78 is 9.15.